The summed E-state index contributed by atoms with van der Waals surface area (Å²) in [6.45, 7) is 4.22. The van der Waals surface area contributed by atoms with E-state index in [2.05, 4.69) is 32.1 Å². The first-order chi connectivity index (χ1) is 11.7. The molecule has 1 aliphatic rings. The molecule has 7 nitrogen and oxygen atoms in total. The molecule has 7 heteroatoms. The molecular formula is C17H21N5O2. The normalized spacial score (nSPS) is 15.2. The molecule has 1 saturated heterocycles. The number of methoxy groups -OCH3 is 1. The van der Waals surface area contributed by atoms with Gasteiger partial charge in [0.2, 0.25) is 11.8 Å². The number of hydrogen-bond acceptors (Lipinski definition) is 6. The number of pyridine rings is 1. The second-order valence-corrected chi connectivity index (χ2v) is 5.98. The van der Waals surface area contributed by atoms with Gasteiger partial charge in [0.1, 0.15) is 0 Å². The van der Waals surface area contributed by atoms with Crippen LogP contribution in [0.3, 0.4) is 0 Å². The average molecular weight is 327 g/mol. The maximum atomic E-state index is 12.2. The van der Waals surface area contributed by atoms with Crippen LogP contribution in [0, 0.1) is 5.92 Å². The topological polar surface area (TPSA) is 80.2 Å². The molecule has 0 atom stereocenters. The van der Waals surface area contributed by atoms with Crippen LogP contribution in [-0.2, 0) is 0 Å². The Morgan fingerprint density at radius 2 is 1.96 bits per heavy atom. The highest BCUT2D eigenvalue weighted by Gasteiger charge is 2.18. The highest BCUT2D eigenvalue weighted by Crippen LogP contribution is 2.20. The molecule has 0 radical (unpaired) electrons. The second kappa shape index (κ2) is 7.25. The lowest BCUT2D eigenvalue weighted by atomic mass is 10.00. The summed E-state index contributed by atoms with van der Waals surface area (Å²) < 4.78 is 5.02. The fourth-order valence-electron chi connectivity index (χ4n) is 2.62. The zero-order valence-corrected chi connectivity index (χ0v) is 13.9. The number of piperidine rings is 1. The van der Waals surface area contributed by atoms with Crippen LogP contribution < -0.4 is 15.0 Å². The van der Waals surface area contributed by atoms with E-state index in [9.17, 15) is 4.79 Å². The summed E-state index contributed by atoms with van der Waals surface area (Å²) in [6, 6.07) is 3.21. The lowest BCUT2D eigenvalue weighted by Gasteiger charge is -2.30. The first kappa shape index (κ1) is 16.2. The van der Waals surface area contributed by atoms with E-state index in [1.807, 2.05) is 0 Å². The first-order valence-electron chi connectivity index (χ1n) is 8.04. The predicted octanol–water partition coefficient (Wildman–Crippen LogP) is 2.37. The van der Waals surface area contributed by atoms with Crippen LogP contribution in [0.15, 0.2) is 30.7 Å². The van der Waals surface area contributed by atoms with Crippen molar-refractivity contribution in [1.29, 1.82) is 0 Å². The number of carbonyl (C=O) groups is 1. The van der Waals surface area contributed by atoms with E-state index in [1.54, 1.807) is 24.5 Å². The van der Waals surface area contributed by atoms with Crippen LogP contribution in [0.5, 0.6) is 5.88 Å². The Hall–Kier alpha value is -2.70. The Labute approximate surface area is 141 Å². The molecule has 126 valence electrons. The van der Waals surface area contributed by atoms with Crippen LogP contribution in [0.25, 0.3) is 0 Å². The zero-order valence-electron chi connectivity index (χ0n) is 13.9. The Morgan fingerprint density at radius 1 is 1.25 bits per heavy atom. The van der Waals surface area contributed by atoms with Gasteiger partial charge in [0.05, 0.1) is 25.2 Å². The third-order valence-corrected chi connectivity index (χ3v) is 4.17. The molecule has 0 aliphatic carbocycles. The smallest absolute Gasteiger partial charge is 0.255 e. The summed E-state index contributed by atoms with van der Waals surface area (Å²) in [5.74, 6) is 1.62. The number of aromatic nitrogens is 3. The molecule has 1 amide bonds. The summed E-state index contributed by atoms with van der Waals surface area (Å²) in [5, 5.41) is 2.78. The van der Waals surface area contributed by atoms with Gasteiger partial charge in [0.15, 0.2) is 0 Å². The minimum absolute atomic E-state index is 0.251. The fraction of sp³-hybridized carbons (Fsp3) is 0.412. The quantitative estimate of drug-likeness (QED) is 0.928. The van der Waals surface area contributed by atoms with Crippen molar-refractivity contribution in [1.82, 2.24) is 15.0 Å². The molecule has 2 aromatic rings. The maximum absolute atomic E-state index is 12.2. The Bertz CT molecular complexity index is 696. The molecule has 2 aromatic heterocycles. The molecule has 0 bridgehead atoms. The molecule has 1 aliphatic heterocycles. The Morgan fingerprint density at radius 3 is 2.62 bits per heavy atom. The van der Waals surface area contributed by atoms with Gasteiger partial charge >= 0.3 is 0 Å². The molecule has 0 unspecified atom stereocenters. The number of carbonyl (C=O) groups excluding carboxylic acids is 1. The molecular weight excluding hydrogens is 306 g/mol. The minimum atomic E-state index is -0.251. The SMILES string of the molecule is COc1cc(C(=O)Nc2cnc(N3CCC(C)CC3)nc2)ccn1. The van der Waals surface area contributed by atoms with E-state index >= 15 is 0 Å². The van der Waals surface area contributed by atoms with E-state index in [-0.39, 0.29) is 5.91 Å². The van der Waals surface area contributed by atoms with Crippen molar-refractivity contribution >= 4 is 17.5 Å². The average Bonchev–Trinajstić information content (AvgIpc) is 2.63. The van der Waals surface area contributed by atoms with Crippen molar-refractivity contribution in [3.63, 3.8) is 0 Å². The third kappa shape index (κ3) is 3.79. The molecule has 0 saturated carbocycles. The molecule has 1 fully saturated rings. The van der Waals surface area contributed by atoms with Crippen molar-refractivity contribution < 1.29 is 9.53 Å². The van der Waals surface area contributed by atoms with Crippen molar-refractivity contribution in [3.8, 4) is 5.88 Å². The number of nitrogens with zero attached hydrogens (tertiary/aromatic N) is 4. The summed E-state index contributed by atoms with van der Waals surface area (Å²) in [5.41, 5.74) is 1.03. The first-order valence-corrected chi connectivity index (χ1v) is 8.04. The van der Waals surface area contributed by atoms with Gasteiger partial charge in [0, 0.05) is 30.9 Å². The molecule has 3 heterocycles. The van der Waals surface area contributed by atoms with Crippen molar-refractivity contribution in [3.05, 3.63) is 36.3 Å². The number of nitrogens with one attached hydrogen (secondary N) is 1. The number of hydrogen-bond donors (Lipinski definition) is 1. The lowest BCUT2D eigenvalue weighted by molar-refractivity contribution is 0.102. The van der Waals surface area contributed by atoms with E-state index in [0.29, 0.717) is 23.1 Å². The number of ether oxygens (including phenoxy) is 1. The zero-order chi connectivity index (χ0) is 16.9. The summed E-state index contributed by atoms with van der Waals surface area (Å²) >= 11 is 0. The van der Waals surface area contributed by atoms with Crippen molar-refractivity contribution in [2.75, 3.05) is 30.4 Å². The van der Waals surface area contributed by atoms with E-state index in [0.717, 1.165) is 31.8 Å². The number of amides is 1. The van der Waals surface area contributed by atoms with E-state index in [1.165, 1.54) is 13.3 Å². The minimum Gasteiger partial charge on any atom is -0.481 e. The van der Waals surface area contributed by atoms with Gasteiger partial charge in [-0.1, -0.05) is 6.92 Å². The van der Waals surface area contributed by atoms with Gasteiger partial charge in [-0.25, -0.2) is 15.0 Å². The number of anilines is 2. The van der Waals surface area contributed by atoms with Crippen LogP contribution >= 0.6 is 0 Å². The summed E-state index contributed by atoms with van der Waals surface area (Å²) in [4.78, 5) is 27.1. The Balaban J connectivity index is 1.64. The second-order valence-electron chi connectivity index (χ2n) is 5.98. The Kier molecular flexibility index (Phi) is 4.88. The van der Waals surface area contributed by atoms with Crippen LogP contribution in [0.2, 0.25) is 0 Å². The highest BCUT2D eigenvalue weighted by molar-refractivity contribution is 6.04. The molecule has 24 heavy (non-hydrogen) atoms. The third-order valence-electron chi connectivity index (χ3n) is 4.17. The summed E-state index contributed by atoms with van der Waals surface area (Å²) in [6.07, 6.45) is 7.12. The molecule has 3 rings (SSSR count). The molecule has 0 spiro atoms. The van der Waals surface area contributed by atoms with Gasteiger partial charge in [-0.15, -0.1) is 0 Å². The van der Waals surface area contributed by atoms with Crippen LogP contribution in [0.4, 0.5) is 11.6 Å². The van der Waals surface area contributed by atoms with Gasteiger partial charge < -0.3 is 15.0 Å². The van der Waals surface area contributed by atoms with E-state index in [4.69, 9.17) is 4.74 Å². The lowest BCUT2D eigenvalue weighted by Crippen LogP contribution is -2.34. The van der Waals surface area contributed by atoms with Crippen molar-refractivity contribution in [2.24, 2.45) is 5.92 Å². The van der Waals surface area contributed by atoms with Crippen molar-refractivity contribution in [2.45, 2.75) is 19.8 Å². The molecule has 1 N–H and O–H groups in total. The predicted molar refractivity (Wildman–Crippen MR) is 91.4 cm³/mol. The van der Waals surface area contributed by atoms with Gasteiger partial charge in [0.25, 0.3) is 5.91 Å². The largest absolute Gasteiger partial charge is 0.481 e. The van der Waals surface area contributed by atoms with Gasteiger partial charge in [-0.2, -0.15) is 0 Å². The molecule has 0 aromatic carbocycles. The maximum Gasteiger partial charge on any atom is 0.255 e. The monoisotopic (exact) mass is 327 g/mol. The number of rotatable bonds is 4. The van der Waals surface area contributed by atoms with Crippen LogP contribution in [-0.4, -0.2) is 41.1 Å². The standard InChI is InChI=1S/C17H21N5O2/c1-12-4-7-22(8-5-12)17-19-10-14(11-20-17)21-16(23)13-3-6-18-15(9-13)24-2/h3,6,9-12H,4-5,7-8H2,1-2H3,(H,21,23). The summed E-state index contributed by atoms with van der Waals surface area (Å²) in [7, 11) is 1.51. The van der Waals surface area contributed by atoms with Gasteiger partial charge in [-0.05, 0) is 24.8 Å². The van der Waals surface area contributed by atoms with E-state index < -0.39 is 0 Å². The van der Waals surface area contributed by atoms with Gasteiger partial charge in [-0.3, -0.25) is 4.79 Å². The highest BCUT2D eigenvalue weighted by atomic mass is 16.5. The van der Waals surface area contributed by atoms with Crippen LogP contribution in [0.1, 0.15) is 30.1 Å². The fourth-order valence-corrected chi connectivity index (χ4v) is 2.62.